The Morgan fingerprint density at radius 2 is 1.60 bits per heavy atom. The molecule has 0 fully saturated rings. The molecule has 0 aromatic rings. The summed E-state index contributed by atoms with van der Waals surface area (Å²) in [5, 5.41) is 0. The van der Waals surface area contributed by atoms with Gasteiger partial charge in [0, 0.05) is 13.6 Å². The van der Waals surface area contributed by atoms with Gasteiger partial charge in [-0.1, -0.05) is 33.8 Å². The molecule has 0 aromatic heterocycles. The van der Waals surface area contributed by atoms with E-state index in [0.29, 0.717) is 0 Å². The van der Waals surface area contributed by atoms with Crippen molar-refractivity contribution >= 4 is 0 Å². The van der Waals surface area contributed by atoms with Gasteiger partial charge in [-0.15, -0.1) is 0 Å². The van der Waals surface area contributed by atoms with Crippen molar-refractivity contribution in [2.45, 2.75) is 34.1 Å². The SMILES string of the molecule is CC.CC.CN1C=CCC1. The minimum atomic E-state index is 1.21. The Bertz CT molecular complexity index is 67.1. The molecule has 0 aliphatic carbocycles. The molecule has 0 N–H and O–H groups in total. The Balaban J connectivity index is 0. The molecule has 1 rings (SSSR count). The molecule has 1 nitrogen and oxygen atoms in total. The number of nitrogens with zero attached hydrogens (tertiary/aromatic N) is 1. The van der Waals surface area contributed by atoms with E-state index in [1.165, 1.54) is 13.0 Å². The van der Waals surface area contributed by atoms with Crippen LogP contribution in [0.1, 0.15) is 34.1 Å². The molecule has 0 saturated heterocycles. The molecular formula is C9H21N. The van der Waals surface area contributed by atoms with Crippen LogP contribution in [0.2, 0.25) is 0 Å². The van der Waals surface area contributed by atoms with E-state index >= 15 is 0 Å². The molecule has 0 amide bonds. The topological polar surface area (TPSA) is 3.24 Å². The van der Waals surface area contributed by atoms with E-state index < -0.39 is 0 Å². The zero-order valence-corrected chi connectivity index (χ0v) is 8.02. The van der Waals surface area contributed by atoms with Crippen molar-refractivity contribution in [1.29, 1.82) is 0 Å². The molecule has 62 valence electrons. The van der Waals surface area contributed by atoms with Crippen LogP contribution < -0.4 is 0 Å². The Kier molecular flexibility index (Phi) is 13.9. The van der Waals surface area contributed by atoms with Crippen molar-refractivity contribution in [2.75, 3.05) is 13.6 Å². The normalized spacial score (nSPS) is 13.1. The fourth-order valence-electron chi connectivity index (χ4n) is 0.607. The van der Waals surface area contributed by atoms with E-state index in [-0.39, 0.29) is 0 Å². The van der Waals surface area contributed by atoms with Gasteiger partial charge in [0.15, 0.2) is 0 Å². The van der Waals surface area contributed by atoms with Crippen molar-refractivity contribution in [3.8, 4) is 0 Å². The van der Waals surface area contributed by atoms with Crippen LogP contribution in [0.25, 0.3) is 0 Å². The lowest BCUT2D eigenvalue weighted by molar-refractivity contribution is 0.496. The summed E-state index contributed by atoms with van der Waals surface area (Å²) in [6.07, 6.45) is 5.52. The van der Waals surface area contributed by atoms with Crippen molar-refractivity contribution < 1.29 is 0 Å². The van der Waals surface area contributed by atoms with Crippen LogP contribution in [0.5, 0.6) is 0 Å². The predicted octanol–water partition coefficient (Wildman–Crippen LogP) is 2.89. The number of hydrogen-bond acceptors (Lipinski definition) is 1. The van der Waals surface area contributed by atoms with Gasteiger partial charge in [-0.3, -0.25) is 0 Å². The smallest absolute Gasteiger partial charge is 0.0204 e. The maximum Gasteiger partial charge on any atom is 0.0204 e. The fraction of sp³-hybridized carbons (Fsp3) is 0.778. The van der Waals surface area contributed by atoms with Gasteiger partial charge in [0.1, 0.15) is 0 Å². The van der Waals surface area contributed by atoms with Crippen LogP contribution in [0.4, 0.5) is 0 Å². The Morgan fingerprint density at radius 1 is 1.10 bits per heavy atom. The predicted molar refractivity (Wildman–Crippen MR) is 49.1 cm³/mol. The first-order valence-corrected chi connectivity index (χ1v) is 4.26. The number of rotatable bonds is 0. The van der Waals surface area contributed by atoms with Crippen LogP contribution >= 0.6 is 0 Å². The molecule has 0 bridgehead atoms. The van der Waals surface area contributed by atoms with Gasteiger partial charge in [-0.05, 0) is 12.6 Å². The second kappa shape index (κ2) is 11.4. The lowest BCUT2D eigenvalue weighted by Gasteiger charge is -2.02. The second-order valence-corrected chi connectivity index (χ2v) is 1.65. The summed E-state index contributed by atoms with van der Waals surface area (Å²) >= 11 is 0. The molecule has 10 heavy (non-hydrogen) atoms. The molecule has 0 saturated carbocycles. The highest BCUT2D eigenvalue weighted by Crippen LogP contribution is 1.97. The zero-order chi connectivity index (χ0) is 8.41. The van der Waals surface area contributed by atoms with E-state index in [0.717, 1.165) is 0 Å². The molecule has 0 unspecified atom stereocenters. The average molecular weight is 143 g/mol. The summed E-state index contributed by atoms with van der Waals surface area (Å²) in [5.74, 6) is 0. The first-order chi connectivity index (χ1) is 4.89. The summed E-state index contributed by atoms with van der Waals surface area (Å²) < 4.78 is 0. The van der Waals surface area contributed by atoms with Gasteiger partial charge in [0.05, 0.1) is 0 Å². The van der Waals surface area contributed by atoms with Crippen molar-refractivity contribution in [3.63, 3.8) is 0 Å². The molecule has 1 aliphatic rings. The summed E-state index contributed by atoms with van der Waals surface area (Å²) in [4.78, 5) is 2.18. The minimum Gasteiger partial charge on any atom is -0.380 e. The van der Waals surface area contributed by atoms with Crippen LogP contribution in [0, 0.1) is 0 Å². The third kappa shape index (κ3) is 7.54. The van der Waals surface area contributed by atoms with E-state index in [4.69, 9.17) is 0 Å². The second-order valence-electron chi connectivity index (χ2n) is 1.65. The molecule has 1 heterocycles. The zero-order valence-electron chi connectivity index (χ0n) is 8.02. The molecule has 0 aromatic carbocycles. The Hall–Kier alpha value is -0.460. The molecule has 1 heteroatoms. The first-order valence-electron chi connectivity index (χ1n) is 4.26. The highest BCUT2D eigenvalue weighted by atomic mass is 15.1. The summed E-state index contributed by atoms with van der Waals surface area (Å²) in [7, 11) is 2.09. The van der Waals surface area contributed by atoms with E-state index in [1.54, 1.807) is 0 Å². The lowest BCUT2D eigenvalue weighted by Crippen LogP contribution is -2.04. The quantitative estimate of drug-likeness (QED) is 0.504. The van der Waals surface area contributed by atoms with Gasteiger partial charge in [-0.2, -0.15) is 0 Å². The summed E-state index contributed by atoms with van der Waals surface area (Å²) in [6, 6.07) is 0. The Morgan fingerprint density at radius 3 is 1.70 bits per heavy atom. The van der Waals surface area contributed by atoms with E-state index in [9.17, 15) is 0 Å². The highest BCUT2D eigenvalue weighted by Gasteiger charge is 1.92. The van der Waals surface area contributed by atoms with Crippen LogP contribution in [0.3, 0.4) is 0 Å². The van der Waals surface area contributed by atoms with Crippen molar-refractivity contribution in [3.05, 3.63) is 12.3 Å². The third-order valence-electron chi connectivity index (χ3n) is 1.01. The summed E-state index contributed by atoms with van der Waals surface area (Å²) in [6.45, 7) is 9.21. The molecule has 0 radical (unpaired) electrons. The maximum absolute atomic E-state index is 2.18. The van der Waals surface area contributed by atoms with Gasteiger partial charge >= 0.3 is 0 Å². The van der Waals surface area contributed by atoms with Crippen LogP contribution in [-0.4, -0.2) is 18.5 Å². The van der Waals surface area contributed by atoms with E-state index in [1.807, 2.05) is 27.7 Å². The van der Waals surface area contributed by atoms with Crippen molar-refractivity contribution in [1.82, 2.24) is 4.90 Å². The molecule has 0 spiro atoms. The largest absolute Gasteiger partial charge is 0.380 e. The fourth-order valence-corrected chi connectivity index (χ4v) is 0.607. The monoisotopic (exact) mass is 143 g/mol. The minimum absolute atomic E-state index is 1.21. The highest BCUT2D eigenvalue weighted by molar-refractivity contribution is 4.88. The van der Waals surface area contributed by atoms with Gasteiger partial charge in [0.25, 0.3) is 0 Å². The lowest BCUT2D eigenvalue weighted by atomic mass is 10.5. The van der Waals surface area contributed by atoms with Crippen LogP contribution in [0.15, 0.2) is 12.3 Å². The van der Waals surface area contributed by atoms with E-state index in [2.05, 4.69) is 24.2 Å². The first kappa shape index (κ1) is 12.2. The van der Waals surface area contributed by atoms with Crippen molar-refractivity contribution in [2.24, 2.45) is 0 Å². The maximum atomic E-state index is 2.18. The third-order valence-corrected chi connectivity index (χ3v) is 1.01. The molecule has 0 atom stereocenters. The summed E-state index contributed by atoms with van der Waals surface area (Å²) in [5.41, 5.74) is 0. The number of hydrogen-bond donors (Lipinski definition) is 0. The average Bonchev–Trinajstić information content (AvgIpc) is 2.48. The molecule has 1 aliphatic heterocycles. The van der Waals surface area contributed by atoms with Gasteiger partial charge < -0.3 is 4.90 Å². The van der Waals surface area contributed by atoms with Gasteiger partial charge in [0.2, 0.25) is 0 Å². The molecular weight excluding hydrogens is 122 g/mol. The van der Waals surface area contributed by atoms with Gasteiger partial charge in [-0.25, -0.2) is 0 Å². The van der Waals surface area contributed by atoms with Crippen LogP contribution in [-0.2, 0) is 0 Å². The Labute approximate surface area is 65.7 Å². The standard InChI is InChI=1S/C5H9N.2C2H6/c1-6-4-2-3-5-6;2*1-2/h2,4H,3,5H2,1H3;2*1-2H3.